The Balaban J connectivity index is 2.48. The van der Waals surface area contributed by atoms with Crippen molar-refractivity contribution in [1.82, 2.24) is 4.90 Å². The van der Waals surface area contributed by atoms with E-state index in [2.05, 4.69) is 11.1 Å². The standard InChI is InChI=1S/C13H15N3OS/c1-16(2)8-15-13-10(6-14)12-9(7-17)4-3-5-11(12)18-13/h7-9H,3-5H2,1-2H3/b15-8+. The van der Waals surface area contributed by atoms with Gasteiger partial charge in [-0.15, -0.1) is 11.3 Å². The average molecular weight is 261 g/mol. The Morgan fingerprint density at radius 3 is 2.94 bits per heavy atom. The highest BCUT2D eigenvalue weighted by atomic mass is 32.1. The molecule has 0 amide bonds. The minimum atomic E-state index is -0.122. The van der Waals surface area contributed by atoms with Gasteiger partial charge in [0.15, 0.2) is 0 Å². The first-order valence-corrected chi connectivity index (χ1v) is 6.70. The van der Waals surface area contributed by atoms with E-state index in [4.69, 9.17) is 0 Å². The molecule has 4 nitrogen and oxygen atoms in total. The van der Waals surface area contributed by atoms with Crippen molar-refractivity contribution >= 4 is 29.0 Å². The minimum Gasteiger partial charge on any atom is -0.369 e. The van der Waals surface area contributed by atoms with E-state index >= 15 is 0 Å². The summed E-state index contributed by atoms with van der Waals surface area (Å²) in [7, 11) is 3.77. The highest BCUT2D eigenvalue weighted by molar-refractivity contribution is 7.16. The first-order chi connectivity index (χ1) is 8.67. The molecule has 0 bridgehead atoms. The van der Waals surface area contributed by atoms with Gasteiger partial charge in [0.1, 0.15) is 17.4 Å². The molecule has 94 valence electrons. The maximum Gasteiger partial charge on any atom is 0.136 e. The number of aryl methyl sites for hydroxylation is 1. The van der Waals surface area contributed by atoms with E-state index in [0.717, 1.165) is 41.0 Å². The summed E-state index contributed by atoms with van der Waals surface area (Å²) < 4.78 is 0. The van der Waals surface area contributed by atoms with E-state index in [1.54, 1.807) is 17.7 Å². The number of nitrogens with zero attached hydrogens (tertiary/aromatic N) is 3. The molecule has 2 rings (SSSR count). The highest BCUT2D eigenvalue weighted by Gasteiger charge is 2.27. The molecule has 1 aromatic rings. The van der Waals surface area contributed by atoms with Gasteiger partial charge in [-0.2, -0.15) is 5.26 Å². The molecule has 0 fully saturated rings. The first-order valence-electron chi connectivity index (χ1n) is 5.89. The van der Waals surface area contributed by atoms with Gasteiger partial charge in [-0.1, -0.05) is 0 Å². The predicted octanol–water partition coefficient (Wildman–Crippen LogP) is 2.46. The second-order valence-electron chi connectivity index (χ2n) is 4.57. The Morgan fingerprint density at radius 2 is 2.33 bits per heavy atom. The van der Waals surface area contributed by atoms with Crippen molar-refractivity contribution in [2.75, 3.05) is 14.1 Å². The van der Waals surface area contributed by atoms with Crippen molar-refractivity contribution in [3.8, 4) is 6.07 Å². The normalized spacial score (nSPS) is 18.4. The van der Waals surface area contributed by atoms with Crippen LogP contribution in [0, 0.1) is 11.3 Å². The van der Waals surface area contributed by atoms with Crippen LogP contribution in [-0.2, 0) is 11.2 Å². The van der Waals surface area contributed by atoms with Crippen LogP contribution in [0.5, 0.6) is 0 Å². The molecule has 0 spiro atoms. The Hall–Kier alpha value is -1.67. The third-order valence-electron chi connectivity index (χ3n) is 2.98. The largest absolute Gasteiger partial charge is 0.369 e. The van der Waals surface area contributed by atoms with Gasteiger partial charge in [0.2, 0.25) is 0 Å². The van der Waals surface area contributed by atoms with E-state index in [0.29, 0.717) is 5.56 Å². The molecule has 1 heterocycles. The number of hydrogen-bond acceptors (Lipinski definition) is 4. The fourth-order valence-corrected chi connectivity index (χ4v) is 3.39. The van der Waals surface area contributed by atoms with Gasteiger partial charge < -0.3 is 9.69 Å². The molecule has 0 saturated carbocycles. The van der Waals surface area contributed by atoms with Crippen molar-refractivity contribution in [1.29, 1.82) is 5.26 Å². The molecule has 1 aliphatic rings. The van der Waals surface area contributed by atoms with Crippen molar-refractivity contribution in [3.63, 3.8) is 0 Å². The first kappa shape index (κ1) is 12.8. The number of nitriles is 1. The number of aliphatic imine (C=N–C) groups is 1. The molecule has 0 radical (unpaired) electrons. The van der Waals surface area contributed by atoms with Crippen molar-refractivity contribution in [3.05, 3.63) is 16.0 Å². The Kier molecular flexibility index (Phi) is 3.78. The number of aldehydes is 1. The van der Waals surface area contributed by atoms with Gasteiger partial charge in [0.05, 0.1) is 11.9 Å². The number of carbonyl (C=O) groups excluding carboxylic acids is 1. The Morgan fingerprint density at radius 1 is 1.56 bits per heavy atom. The molecule has 18 heavy (non-hydrogen) atoms. The maximum absolute atomic E-state index is 11.1. The molecule has 1 unspecified atom stereocenters. The summed E-state index contributed by atoms with van der Waals surface area (Å²) in [5, 5.41) is 10.0. The van der Waals surface area contributed by atoms with E-state index < -0.39 is 0 Å². The van der Waals surface area contributed by atoms with Crippen LogP contribution in [0.2, 0.25) is 0 Å². The van der Waals surface area contributed by atoms with Crippen LogP contribution in [0.4, 0.5) is 5.00 Å². The second-order valence-corrected chi connectivity index (χ2v) is 5.66. The van der Waals surface area contributed by atoms with Crippen LogP contribution in [0.3, 0.4) is 0 Å². The van der Waals surface area contributed by atoms with Crippen LogP contribution in [0.15, 0.2) is 4.99 Å². The smallest absolute Gasteiger partial charge is 0.136 e. The van der Waals surface area contributed by atoms with Crippen LogP contribution in [-0.4, -0.2) is 31.6 Å². The highest BCUT2D eigenvalue weighted by Crippen LogP contribution is 2.43. The lowest BCUT2D eigenvalue weighted by atomic mass is 9.86. The lowest BCUT2D eigenvalue weighted by Gasteiger charge is -2.17. The molecule has 1 aliphatic carbocycles. The summed E-state index contributed by atoms with van der Waals surface area (Å²) in [5.74, 6) is -0.122. The molecular weight excluding hydrogens is 246 g/mol. The van der Waals surface area contributed by atoms with E-state index in [9.17, 15) is 10.1 Å². The number of rotatable bonds is 3. The second kappa shape index (κ2) is 5.32. The molecule has 1 aromatic heterocycles. The minimum absolute atomic E-state index is 0.122. The summed E-state index contributed by atoms with van der Waals surface area (Å²) in [4.78, 5) is 18.4. The van der Waals surface area contributed by atoms with E-state index in [1.807, 2.05) is 19.0 Å². The van der Waals surface area contributed by atoms with Crippen LogP contribution >= 0.6 is 11.3 Å². The summed E-state index contributed by atoms with van der Waals surface area (Å²) in [6.45, 7) is 0. The Labute approximate surface area is 111 Å². The van der Waals surface area contributed by atoms with Crippen LogP contribution in [0.1, 0.15) is 34.8 Å². The molecule has 0 N–H and O–H groups in total. The SMILES string of the molecule is CN(C)/C=N/c1sc2c(c1C#N)C(C=O)CCC2. The number of carbonyl (C=O) groups is 1. The van der Waals surface area contributed by atoms with E-state index in [-0.39, 0.29) is 5.92 Å². The topological polar surface area (TPSA) is 56.5 Å². The summed E-state index contributed by atoms with van der Waals surface area (Å²) in [6.07, 6.45) is 5.47. The van der Waals surface area contributed by atoms with Crippen molar-refractivity contribution in [2.24, 2.45) is 4.99 Å². The summed E-state index contributed by atoms with van der Waals surface area (Å²) >= 11 is 1.54. The third kappa shape index (κ3) is 2.29. The molecular formula is C13H15N3OS. The number of thiophene rings is 1. The summed E-state index contributed by atoms with van der Waals surface area (Å²) in [6, 6.07) is 2.21. The monoisotopic (exact) mass is 261 g/mol. The van der Waals surface area contributed by atoms with Gasteiger partial charge in [-0.3, -0.25) is 0 Å². The van der Waals surface area contributed by atoms with Crippen molar-refractivity contribution in [2.45, 2.75) is 25.2 Å². The quantitative estimate of drug-likeness (QED) is 0.477. The van der Waals surface area contributed by atoms with E-state index in [1.165, 1.54) is 0 Å². The van der Waals surface area contributed by atoms with Gasteiger partial charge in [-0.05, 0) is 24.8 Å². The number of hydrogen-bond donors (Lipinski definition) is 0. The third-order valence-corrected chi connectivity index (χ3v) is 4.15. The average Bonchev–Trinajstić information content (AvgIpc) is 2.73. The van der Waals surface area contributed by atoms with Crippen molar-refractivity contribution < 1.29 is 4.79 Å². The lowest BCUT2D eigenvalue weighted by molar-refractivity contribution is -0.109. The zero-order valence-corrected chi connectivity index (χ0v) is 11.3. The lowest BCUT2D eigenvalue weighted by Crippen LogP contribution is -2.09. The van der Waals surface area contributed by atoms with Gasteiger partial charge >= 0.3 is 0 Å². The molecule has 0 aliphatic heterocycles. The van der Waals surface area contributed by atoms with Gasteiger partial charge in [-0.25, -0.2) is 4.99 Å². The van der Waals surface area contributed by atoms with Gasteiger partial charge in [0, 0.05) is 24.9 Å². The van der Waals surface area contributed by atoms with Gasteiger partial charge in [0.25, 0.3) is 0 Å². The fourth-order valence-electron chi connectivity index (χ4n) is 2.19. The molecule has 1 atom stereocenters. The molecule has 0 aromatic carbocycles. The van der Waals surface area contributed by atoms with Crippen LogP contribution in [0.25, 0.3) is 0 Å². The summed E-state index contributed by atoms with van der Waals surface area (Å²) in [5.41, 5.74) is 1.51. The predicted molar refractivity (Wildman–Crippen MR) is 72.6 cm³/mol. The Bertz CT molecular complexity index is 525. The maximum atomic E-state index is 11.1. The van der Waals surface area contributed by atoms with Crippen LogP contribution < -0.4 is 0 Å². The molecule has 5 heteroatoms. The zero-order chi connectivity index (χ0) is 13.1. The molecule has 0 saturated heterocycles. The zero-order valence-electron chi connectivity index (χ0n) is 10.5. The fraction of sp³-hybridized carbons (Fsp3) is 0.462. The number of fused-ring (bicyclic) bond motifs is 1.